The molecule has 0 amide bonds. The van der Waals surface area contributed by atoms with Gasteiger partial charge in [0.15, 0.2) is 0 Å². The van der Waals surface area contributed by atoms with Crippen LogP contribution in [0.1, 0.15) is 35.6 Å². The Morgan fingerprint density at radius 2 is 1.31 bits per heavy atom. The first kappa shape index (κ1) is 25.2. The lowest BCUT2D eigenvalue weighted by atomic mass is 9.96. The Hall–Kier alpha value is -3.86. The number of alkyl halides is 3. The van der Waals surface area contributed by atoms with E-state index in [2.05, 4.69) is 31.2 Å². The lowest BCUT2D eigenvalue weighted by Crippen LogP contribution is -2.11. The van der Waals surface area contributed by atoms with E-state index in [0.717, 1.165) is 24.0 Å². The summed E-state index contributed by atoms with van der Waals surface area (Å²) in [6.45, 7) is 2.14. The van der Waals surface area contributed by atoms with E-state index in [4.69, 9.17) is 4.74 Å². The SMILES string of the molecule is CCCc1ccc(-c2ccc(/C=C/c3ccc(-c4ccc(OC)cc4)c(F)c3C(F)(F)F)cc2)cc1. The van der Waals surface area contributed by atoms with Crippen LogP contribution in [0.15, 0.2) is 84.9 Å². The van der Waals surface area contributed by atoms with Crippen molar-refractivity contribution in [2.45, 2.75) is 25.9 Å². The van der Waals surface area contributed by atoms with Crippen LogP contribution in [0.4, 0.5) is 17.6 Å². The number of rotatable bonds is 7. The number of ether oxygens (including phenoxy) is 1. The van der Waals surface area contributed by atoms with Gasteiger partial charge in [0.05, 0.1) is 12.7 Å². The van der Waals surface area contributed by atoms with Gasteiger partial charge in [-0.2, -0.15) is 13.2 Å². The van der Waals surface area contributed by atoms with Crippen molar-refractivity contribution in [3.63, 3.8) is 0 Å². The molecule has 4 aromatic rings. The van der Waals surface area contributed by atoms with Crippen LogP contribution in [0.5, 0.6) is 5.75 Å². The van der Waals surface area contributed by atoms with Crippen LogP contribution < -0.4 is 4.74 Å². The predicted octanol–water partition coefficient (Wildman–Crippen LogP) is 9.31. The Bertz CT molecular complexity index is 1330. The second-order valence-electron chi connectivity index (χ2n) is 8.52. The van der Waals surface area contributed by atoms with Gasteiger partial charge in [0.1, 0.15) is 11.6 Å². The molecule has 0 atom stereocenters. The zero-order valence-electron chi connectivity index (χ0n) is 20.1. The van der Waals surface area contributed by atoms with E-state index in [-0.39, 0.29) is 11.1 Å². The molecule has 0 aliphatic carbocycles. The molecule has 0 bridgehead atoms. The standard InChI is InChI=1S/C31H26F4O/c1-3-4-21-5-10-23(11-6-21)24-12-7-22(8-13-24)9-14-26-17-20-28(30(32)29(26)31(33,34)35)25-15-18-27(36-2)19-16-25/h5-20H,3-4H2,1-2H3/b14-9+. The predicted molar refractivity (Wildman–Crippen MR) is 138 cm³/mol. The first-order valence-corrected chi connectivity index (χ1v) is 11.7. The fourth-order valence-corrected chi connectivity index (χ4v) is 4.14. The van der Waals surface area contributed by atoms with Gasteiger partial charge in [-0.15, -0.1) is 0 Å². The molecule has 0 aliphatic heterocycles. The summed E-state index contributed by atoms with van der Waals surface area (Å²) in [6, 6.07) is 24.8. The molecule has 0 N–H and O–H groups in total. The summed E-state index contributed by atoms with van der Waals surface area (Å²) >= 11 is 0. The third kappa shape index (κ3) is 5.68. The first-order valence-electron chi connectivity index (χ1n) is 11.7. The first-order chi connectivity index (χ1) is 17.3. The minimum absolute atomic E-state index is 0.114. The monoisotopic (exact) mass is 490 g/mol. The number of halogens is 4. The number of benzene rings is 4. The summed E-state index contributed by atoms with van der Waals surface area (Å²) < 4.78 is 61.8. The van der Waals surface area contributed by atoms with Crippen molar-refractivity contribution in [2.24, 2.45) is 0 Å². The third-order valence-electron chi connectivity index (χ3n) is 6.05. The molecule has 0 heterocycles. The number of methoxy groups -OCH3 is 1. The Balaban J connectivity index is 1.61. The molecule has 184 valence electrons. The fraction of sp³-hybridized carbons (Fsp3) is 0.161. The molecule has 4 aromatic carbocycles. The average Bonchev–Trinajstić information content (AvgIpc) is 2.88. The molecular weight excluding hydrogens is 464 g/mol. The lowest BCUT2D eigenvalue weighted by molar-refractivity contribution is -0.140. The quantitative estimate of drug-likeness (QED) is 0.185. The van der Waals surface area contributed by atoms with E-state index in [1.807, 2.05) is 24.3 Å². The van der Waals surface area contributed by atoms with Gasteiger partial charge in [-0.05, 0) is 51.9 Å². The maximum atomic E-state index is 15.2. The van der Waals surface area contributed by atoms with Crippen LogP contribution >= 0.6 is 0 Å². The van der Waals surface area contributed by atoms with E-state index in [0.29, 0.717) is 16.9 Å². The third-order valence-corrected chi connectivity index (χ3v) is 6.05. The Labute approximate surface area is 208 Å². The molecule has 0 saturated heterocycles. The molecule has 1 nitrogen and oxygen atoms in total. The number of hydrogen-bond acceptors (Lipinski definition) is 1. The van der Waals surface area contributed by atoms with Gasteiger partial charge < -0.3 is 4.74 Å². The molecule has 4 rings (SSSR count). The minimum atomic E-state index is -4.85. The summed E-state index contributed by atoms with van der Waals surface area (Å²) in [5.74, 6) is -0.758. The van der Waals surface area contributed by atoms with Crippen LogP contribution in [0.2, 0.25) is 0 Å². The molecule has 0 unspecified atom stereocenters. The van der Waals surface area contributed by atoms with Crippen LogP contribution in [0.3, 0.4) is 0 Å². The highest BCUT2D eigenvalue weighted by atomic mass is 19.4. The van der Waals surface area contributed by atoms with Crippen molar-refractivity contribution in [1.29, 1.82) is 0 Å². The summed E-state index contributed by atoms with van der Waals surface area (Å²) in [5.41, 5.74) is 2.80. The van der Waals surface area contributed by atoms with Gasteiger partial charge in [0.25, 0.3) is 0 Å². The molecule has 0 fully saturated rings. The topological polar surface area (TPSA) is 9.23 Å². The summed E-state index contributed by atoms with van der Waals surface area (Å²) in [5, 5.41) is 0. The van der Waals surface area contributed by atoms with Crippen LogP contribution in [0.25, 0.3) is 34.4 Å². The molecule has 0 saturated carbocycles. The van der Waals surface area contributed by atoms with Crippen molar-refractivity contribution in [3.05, 3.63) is 113 Å². The summed E-state index contributed by atoms with van der Waals surface area (Å²) in [6.07, 6.45) is 0.139. The molecule has 5 heteroatoms. The van der Waals surface area contributed by atoms with Gasteiger partial charge in [-0.1, -0.05) is 98.3 Å². The molecule has 0 aromatic heterocycles. The van der Waals surface area contributed by atoms with Gasteiger partial charge in [-0.3, -0.25) is 0 Å². The van der Waals surface area contributed by atoms with E-state index >= 15 is 4.39 Å². The average molecular weight is 491 g/mol. The largest absolute Gasteiger partial charge is 0.497 e. The van der Waals surface area contributed by atoms with E-state index in [1.54, 1.807) is 18.2 Å². The molecule has 0 radical (unpaired) electrons. The highest BCUT2D eigenvalue weighted by Crippen LogP contribution is 2.39. The van der Waals surface area contributed by atoms with Crippen LogP contribution in [-0.4, -0.2) is 7.11 Å². The van der Waals surface area contributed by atoms with Gasteiger partial charge in [0, 0.05) is 5.56 Å². The Morgan fingerprint density at radius 1 is 0.722 bits per heavy atom. The number of aryl methyl sites for hydroxylation is 1. The summed E-state index contributed by atoms with van der Waals surface area (Å²) in [4.78, 5) is 0. The molecule has 36 heavy (non-hydrogen) atoms. The minimum Gasteiger partial charge on any atom is -0.497 e. The normalized spacial score (nSPS) is 11.7. The van der Waals surface area contributed by atoms with Gasteiger partial charge in [-0.25, -0.2) is 4.39 Å². The smallest absolute Gasteiger partial charge is 0.419 e. The van der Waals surface area contributed by atoms with Crippen molar-refractivity contribution in [3.8, 4) is 28.0 Å². The Morgan fingerprint density at radius 3 is 1.86 bits per heavy atom. The van der Waals surface area contributed by atoms with Crippen LogP contribution in [-0.2, 0) is 12.6 Å². The maximum absolute atomic E-state index is 15.2. The van der Waals surface area contributed by atoms with Crippen molar-refractivity contribution in [1.82, 2.24) is 0 Å². The molecule has 0 spiro atoms. The summed E-state index contributed by atoms with van der Waals surface area (Å²) in [7, 11) is 1.48. The zero-order chi connectivity index (χ0) is 25.7. The zero-order valence-corrected chi connectivity index (χ0v) is 20.1. The second kappa shape index (κ2) is 10.8. The Kier molecular flexibility index (Phi) is 7.58. The van der Waals surface area contributed by atoms with E-state index in [9.17, 15) is 13.2 Å². The van der Waals surface area contributed by atoms with Gasteiger partial charge >= 0.3 is 6.18 Å². The second-order valence-corrected chi connectivity index (χ2v) is 8.52. The van der Waals surface area contributed by atoms with Crippen molar-refractivity contribution < 1.29 is 22.3 Å². The number of hydrogen-bond donors (Lipinski definition) is 0. The highest BCUT2D eigenvalue weighted by Gasteiger charge is 2.37. The van der Waals surface area contributed by atoms with Gasteiger partial charge in [0.2, 0.25) is 0 Å². The van der Waals surface area contributed by atoms with Crippen molar-refractivity contribution >= 4 is 12.2 Å². The van der Waals surface area contributed by atoms with E-state index < -0.39 is 17.6 Å². The highest BCUT2D eigenvalue weighted by molar-refractivity contribution is 5.76. The lowest BCUT2D eigenvalue weighted by Gasteiger charge is -2.15. The fourth-order valence-electron chi connectivity index (χ4n) is 4.14. The maximum Gasteiger partial charge on any atom is 0.419 e. The van der Waals surface area contributed by atoms with Crippen LogP contribution in [0, 0.1) is 5.82 Å². The van der Waals surface area contributed by atoms with Crippen molar-refractivity contribution in [2.75, 3.05) is 7.11 Å². The van der Waals surface area contributed by atoms with E-state index in [1.165, 1.54) is 43.0 Å². The molecular formula is C31H26F4O. The molecule has 0 aliphatic rings.